The van der Waals surface area contributed by atoms with Crippen molar-refractivity contribution >= 4 is 11.9 Å². The molecule has 0 amide bonds. The predicted molar refractivity (Wildman–Crippen MR) is 57.9 cm³/mol. The van der Waals surface area contributed by atoms with Crippen LogP contribution in [0.25, 0.3) is 0 Å². The quantitative estimate of drug-likeness (QED) is 0.538. The molecule has 1 aromatic rings. The first-order valence-electron chi connectivity index (χ1n) is 5.32. The van der Waals surface area contributed by atoms with Crippen LogP contribution in [0.1, 0.15) is 30.7 Å². The van der Waals surface area contributed by atoms with Crippen LogP contribution < -0.4 is 0 Å². The van der Waals surface area contributed by atoms with E-state index < -0.39 is 0 Å². The van der Waals surface area contributed by atoms with E-state index in [4.69, 9.17) is 0 Å². The number of aliphatic imine (C=N–C) groups is 1. The van der Waals surface area contributed by atoms with Crippen LogP contribution in [0.5, 0.6) is 0 Å². The number of rotatable bonds is 0. The molecule has 0 spiro atoms. The second-order valence-corrected chi connectivity index (χ2v) is 4.11. The fourth-order valence-corrected chi connectivity index (χ4v) is 2.53. The molecule has 1 saturated carbocycles. The maximum atomic E-state index is 4.41. The van der Waals surface area contributed by atoms with Crippen molar-refractivity contribution in [2.75, 3.05) is 0 Å². The monoisotopic (exact) mass is 450 g/mol. The summed E-state index contributed by atoms with van der Waals surface area (Å²) in [6.07, 6.45) is 9.31. The standard InChI is InChI=1S/C13H13N.Rf/c1-2-6-11-10(5-1)9-14-13-8-4-3-7-12(11)13;/h1,3-4,7-8,10-11H,2,5-6H2;/q-1;/t10-,11?;/m0./s1. The fraction of sp³-hybridized carbons (Fsp3) is 0.385. The molecule has 1 heterocycles. The minimum Gasteiger partial charge on any atom is -0.455 e. The van der Waals surface area contributed by atoms with E-state index in [0.717, 1.165) is 12.1 Å². The van der Waals surface area contributed by atoms with E-state index in [1.165, 1.54) is 18.4 Å². The van der Waals surface area contributed by atoms with Gasteiger partial charge in [0.2, 0.25) is 0 Å². The Kier molecular flexibility index (Phi) is 2.24. The smallest absolute Gasteiger partial charge is 0 e. The third-order valence-corrected chi connectivity index (χ3v) is 3.28. The molecule has 2 atom stereocenters. The molecule has 1 aliphatic heterocycles. The van der Waals surface area contributed by atoms with Crippen molar-refractivity contribution in [3.05, 3.63) is 36.2 Å². The first-order chi connectivity index (χ1) is 6.95. The average Bonchev–Trinajstić information content (AvgIpc) is 2.29. The molecular formula is C13H13NRf-. The normalized spacial score (nSPS) is 27.5. The van der Waals surface area contributed by atoms with Crippen LogP contribution in [0.4, 0.5) is 5.69 Å². The third kappa shape index (κ3) is 1.39. The number of hydrogen-bond donors (Lipinski definition) is 0. The van der Waals surface area contributed by atoms with Crippen molar-refractivity contribution in [3.63, 3.8) is 0 Å². The van der Waals surface area contributed by atoms with Crippen LogP contribution in [0.3, 0.4) is 0 Å². The van der Waals surface area contributed by atoms with Gasteiger partial charge >= 0.3 is 0 Å². The summed E-state index contributed by atoms with van der Waals surface area (Å²) in [5, 5.41) is 0. The van der Waals surface area contributed by atoms with Gasteiger partial charge in [0.1, 0.15) is 0 Å². The summed E-state index contributed by atoms with van der Waals surface area (Å²) in [4.78, 5) is 4.41. The fourth-order valence-electron chi connectivity index (χ4n) is 2.53. The Balaban J connectivity index is 0.000000853. The summed E-state index contributed by atoms with van der Waals surface area (Å²) in [7, 11) is 0. The minimum atomic E-state index is 0. The minimum absolute atomic E-state index is 0. The van der Waals surface area contributed by atoms with E-state index in [0.29, 0.717) is 11.8 Å². The van der Waals surface area contributed by atoms with Gasteiger partial charge in [0.05, 0.1) is 0 Å². The van der Waals surface area contributed by atoms with Crippen LogP contribution in [0.15, 0.2) is 29.3 Å². The predicted octanol–water partition coefficient (Wildman–Crippen LogP) is 3.37. The van der Waals surface area contributed by atoms with Gasteiger partial charge < -0.3 is 4.99 Å². The summed E-state index contributed by atoms with van der Waals surface area (Å²) in [5.41, 5.74) is 2.57. The zero-order valence-corrected chi connectivity index (χ0v) is 15.2. The van der Waals surface area contributed by atoms with Crippen molar-refractivity contribution in [1.29, 1.82) is 0 Å². The van der Waals surface area contributed by atoms with Crippen LogP contribution in [0.2, 0.25) is 0 Å². The van der Waals surface area contributed by atoms with E-state index >= 15 is 0 Å². The number of nitrogens with zero attached hydrogens (tertiary/aromatic N) is 1. The number of hydrogen-bond acceptors (Lipinski definition) is 1. The van der Waals surface area contributed by atoms with Crippen molar-refractivity contribution in [2.24, 2.45) is 10.9 Å². The number of para-hydroxylation sites is 1. The summed E-state index contributed by atoms with van der Waals surface area (Å²) in [6.45, 7) is 0. The van der Waals surface area contributed by atoms with E-state index in [1.807, 2.05) is 0 Å². The molecule has 0 bridgehead atoms. The molecule has 0 saturated heterocycles. The molecule has 0 aromatic heterocycles. The van der Waals surface area contributed by atoms with Gasteiger partial charge in [-0.1, -0.05) is 36.2 Å². The molecule has 15 heavy (non-hydrogen) atoms. The van der Waals surface area contributed by atoms with Crippen molar-refractivity contribution in [2.45, 2.75) is 25.2 Å². The molecule has 1 radical (unpaired) electrons. The Morgan fingerprint density at radius 2 is 2.13 bits per heavy atom. The maximum absolute atomic E-state index is 4.41. The zero-order chi connectivity index (χ0) is 9.38. The van der Waals surface area contributed by atoms with Gasteiger partial charge in [-0.2, -0.15) is 6.21 Å². The average molecular weight is 450 g/mol. The van der Waals surface area contributed by atoms with Gasteiger partial charge in [-0.3, -0.25) is 0 Å². The van der Waals surface area contributed by atoms with Crippen LogP contribution >= 0.6 is 0 Å². The van der Waals surface area contributed by atoms with E-state index in [1.54, 1.807) is 0 Å². The Hall–Kier alpha value is -2.11. The van der Waals surface area contributed by atoms with Crippen LogP contribution in [-0.4, -0.2) is 6.21 Å². The maximum Gasteiger partial charge on any atom is 0 e. The molecule has 3 rings (SSSR count). The zero-order valence-electron chi connectivity index (χ0n) is 8.82. The first-order valence-corrected chi connectivity index (χ1v) is 5.32. The Morgan fingerprint density at radius 1 is 1.27 bits per heavy atom. The molecule has 1 aliphatic carbocycles. The molecule has 1 nitrogen and oxygen atoms in total. The topological polar surface area (TPSA) is 12.4 Å². The third-order valence-electron chi connectivity index (χ3n) is 3.28. The van der Waals surface area contributed by atoms with Gasteiger partial charge in [-0.15, -0.1) is 11.6 Å². The van der Waals surface area contributed by atoms with Gasteiger partial charge in [-0.05, 0) is 25.2 Å². The number of benzene rings is 1. The van der Waals surface area contributed by atoms with Gasteiger partial charge in [0.15, 0.2) is 0 Å². The molecule has 1 fully saturated rings. The van der Waals surface area contributed by atoms with E-state index in [2.05, 4.69) is 41.9 Å². The molecule has 1 unspecified atom stereocenters. The molecule has 2 heteroatoms. The second kappa shape index (κ2) is 3.56. The summed E-state index contributed by atoms with van der Waals surface area (Å²) < 4.78 is 0. The SMILES string of the molecule is [C-]1=Nc2ccccc2C2CC[CH]C[C@@H]12.[Rf]. The largest absolute Gasteiger partial charge is 0.455 e. The Bertz CT molecular complexity index is 373. The van der Waals surface area contributed by atoms with E-state index in [9.17, 15) is 0 Å². The van der Waals surface area contributed by atoms with Gasteiger partial charge in [-0.25, -0.2) is 0 Å². The second-order valence-electron chi connectivity index (χ2n) is 4.11. The molecule has 73 valence electrons. The first kappa shape index (κ1) is 9.45. The Labute approximate surface area is 84.9 Å². The molecule has 2 aliphatic rings. The molecular weight excluding hydrogens is 437 g/mol. The van der Waals surface area contributed by atoms with Crippen LogP contribution in [0, 0.1) is 12.3 Å². The molecule has 1 aromatic carbocycles. The summed E-state index contributed by atoms with van der Waals surface area (Å²) >= 11 is 0. The Morgan fingerprint density at radius 3 is 3.07 bits per heavy atom. The van der Waals surface area contributed by atoms with Gasteiger partial charge in [0.25, 0.3) is 0 Å². The molecule has 0 N–H and O–H groups in total. The summed E-state index contributed by atoms with van der Waals surface area (Å²) in [5.74, 6) is 1.22. The van der Waals surface area contributed by atoms with E-state index in [-0.39, 0.29) is 0 Å². The van der Waals surface area contributed by atoms with Gasteiger partial charge in [0, 0.05) is 0 Å². The van der Waals surface area contributed by atoms with Crippen LogP contribution in [-0.2, 0) is 0 Å². The number of fused-ring (bicyclic) bond motifs is 3. The van der Waals surface area contributed by atoms with Crippen molar-refractivity contribution in [3.8, 4) is 0 Å². The summed E-state index contributed by atoms with van der Waals surface area (Å²) in [6, 6.07) is 8.49. The van der Waals surface area contributed by atoms with Crippen molar-refractivity contribution < 1.29 is 0 Å². The van der Waals surface area contributed by atoms with Crippen molar-refractivity contribution in [1.82, 2.24) is 0 Å².